The highest BCUT2D eigenvalue weighted by molar-refractivity contribution is 14.1. The fourth-order valence-electron chi connectivity index (χ4n) is 1.06. The van der Waals surface area contributed by atoms with Gasteiger partial charge in [0.2, 0.25) is 0 Å². The van der Waals surface area contributed by atoms with Crippen molar-refractivity contribution in [3.63, 3.8) is 0 Å². The minimum atomic E-state index is 0.994. The molecule has 0 saturated carbocycles. The average Bonchev–Trinajstić information content (AvgIpc) is 2.49. The highest BCUT2D eigenvalue weighted by Crippen LogP contribution is 2.12. The summed E-state index contributed by atoms with van der Waals surface area (Å²) in [6.45, 7) is 1.99. The average molecular weight is 285 g/mol. The van der Waals surface area contributed by atoms with Crippen molar-refractivity contribution in [3.8, 4) is 5.69 Å². The molecule has 0 atom stereocenters. The number of halogens is 1. The van der Waals surface area contributed by atoms with E-state index in [2.05, 4.69) is 32.7 Å². The van der Waals surface area contributed by atoms with Crippen LogP contribution in [0.5, 0.6) is 0 Å². The summed E-state index contributed by atoms with van der Waals surface area (Å²) in [4.78, 5) is 4.04. The lowest BCUT2D eigenvalue weighted by molar-refractivity contribution is 0.857. The molecule has 0 N–H and O–H groups in total. The topological polar surface area (TPSA) is 30.7 Å². The standard InChI is InChI=1S/C9H8IN3/c1-7-9(10)6-13(12-7)8-3-2-4-11-5-8/h2-6H,1H3. The molecule has 3 nitrogen and oxygen atoms in total. The smallest absolute Gasteiger partial charge is 0.0829 e. The molecular formula is C9H8IN3. The van der Waals surface area contributed by atoms with Crippen molar-refractivity contribution in [3.05, 3.63) is 40.0 Å². The van der Waals surface area contributed by atoms with E-state index in [4.69, 9.17) is 0 Å². The summed E-state index contributed by atoms with van der Waals surface area (Å²) in [7, 11) is 0. The maximum Gasteiger partial charge on any atom is 0.0829 e. The van der Waals surface area contributed by atoms with Crippen molar-refractivity contribution >= 4 is 22.6 Å². The van der Waals surface area contributed by atoms with Gasteiger partial charge < -0.3 is 0 Å². The second-order valence-electron chi connectivity index (χ2n) is 2.72. The second-order valence-corrected chi connectivity index (χ2v) is 3.88. The van der Waals surface area contributed by atoms with Crippen LogP contribution in [0.15, 0.2) is 30.7 Å². The summed E-state index contributed by atoms with van der Waals surface area (Å²) in [6, 6.07) is 3.88. The molecule has 0 aliphatic heterocycles. The Kier molecular flexibility index (Phi) is 2.30. The van der Waals surface area contributed by atoms with Crippen LogP contribution in [0.1, 0.15) is 5.69 Å². The molecule has 0 aliphatic carbocycles. The fourth-order valence-corrected chi connectivity index (χ4v) is 1.43. The second kappa shape index (κ2) is 3.45. The number of aromatic nitrogens is 3. The van der Waals surface area contributed by atoms with Gasteiger partial charge in [0.15, 0.2) is 0 Å². The van der Waals surface area contributed by atoms with Gasteiger partial charge in [-0.2, -0.15) is 5.10 Å². The van der Waals surface area contributed by atoms with Gasteiger partial charge in [-0.25, -0.2) is 4.68 Å². The van der Waals surface area contributed by atoms with E-state index >= 15 is 0 Å². The highest BCUT2D eigenvalue weighted by Gasteiger charge is 2.02. The van der Waals surface area contributed by atoms with Gasteiger partial charge in [0.1, 0.15) is 0 Å². The van der Waals surface area contributed by atoms with E-state index in [9.17, 15) is 0 Å². The lowest BCUT2D eigenvalue weighted by atomic mass is 10.4. The largest absolute Gasteiger partial charge is 0.262 e. The van der Waals surface area contributed by atoms with Crippen molar-refractivity contribution in [2.45, 2.75) is 6.92 Å². The fraction of sp³-hybridized carbons (Fsp3) is 0.111. The molecule has 2 aromatic heterocycles. The molecule has 2 heterocycles. The van der Waals surface area contributed by atoms with Gasteiger partial charge in [0.05, 0.1) is 21.1 Å². The van der Waals surface area contributed by atoms with Crippen molar-refractivity contribution in [2.75, 3.05) is 0 Å². The Hall–Kier alpha value is -0.910. The molecule has 0 aliphatic rings. The summed E-state index contributed by atoms with van der Waals surface area (Å²) >= 11 is 2.27. The van der Waals surface area contributed by atoms with Crippen molar-refractivity contribution in [1.82, 2.24) is 14.8 Å². The number of pyridine rings is 1. The first-order valence-electron chi connectivity index (χ1n) is 3.89. The Labute approximate surface area is 89.9 Å². The third kappa shape index (κ3) is 1.72. The Balaban J connectivity index is 2.48. The molecule has 13 heavy (non-hydrogen) atoms. The van der Waals surface area contributed by atoms with Crippen molar-refractivity contribution < 1.29 is 0 Å². The van der Waals surface area contributed by atoms with Gasteiger partial charge >= 0.3 is 0 Å². The number of rotatable bonds is 1. The summed E-state index contributed by atoms with van der Waals surface area (Å²) in [5, 5.41) is 4.35. The summed E-state index contributed by atoms with van der Waals surface area (Å²) < 4.78 is 3.01. The molecule has 2 rings (SSSR count). The van der Waals surface area contributed by atoms with E-state index in [1.807, 2.05) is 29.9 Å². The van der Waals surface area contributed by atoms with Gasteiger partial charge in [-0.05, 0) is 41.6 Å². The van der Waals surface area contributed by atoms with Crippen LogP contribution in [0.2, 0.25) is 0 Å². The first kappa shape index (κ1) is 8.68. The Bertz CT molecular complexity index is 389. The normalized spacial score (nSPS) is 10.3. The first-order valence-corrected chi connectivity index (χ1v) is 4.97. The van der Waals surface area contributed by atoms with Crippen LogP contribution < -0.4 is 0 Å². The Morgan fingerprint density at radius 3 is 2.85 bits per heavy atom. The van der Waals surface area contributed by atoms with Gasteiger partial charge in [0, 0.05) is 12.4 Å². The highest BCUT2D eigenvalue weighted by atomic mass is 127. The zero-order valence-electron chi connectivity index (χ0n) is 7.11. The predicted molar refractivity (Wildman–Crippen MR) is 58.8 cm³/mol. The third-order valence-corrected chi connectivity index (χ3v) is 2.81. The maximum absolute atomic E-state index is 4.35. The maximum atomic E-state index is 4.35. The SMILES string of the molecule is Cc1nn(-c2cccnc2)cc1I. The predicted octanol–water partition coefficient (Wildman–Crippen LogP) is 2.18. The molecular weight excluding hydrogens is 277 g/mol. The molecule has 66 valence electrons. The van der Waals surface area contributed by atoms with Gasteiger partial charge in [0.25, 0.3) is 0 Å². The van der Waals surface area contributed by atoms with Crippen LogP contribution in [-0.2, 0) is 0 Å². The van der Waals surface area contributed by atoms with Crippen LogP contribution in [0.3, 0.4) is 0 Å². The van der Waals surface area contributed by atoms with Gasteiger partial charge in [-0.15, -0.1) is 0 Å². The molecule has 0 bridgehead atoms. The molecule has 0 spiro atoms. The summed E-state index contributed by atoms with van der Waals surface area (Å²) in [6.07, 6.45) is 5.54. The Morgan fingerprint density at radius 2 is 2.31 bits per heavy atom. The summed E-state index contributed by atoms with van der Waals surface area (Å²) in [5.41, 5.74) is 2.04. The van der Waals surface area contributed by atoms with E-state index < -0.39 is 0 Å². The number of aryl methyl sites for hydroxylation is 1. The lowest BCUT2D eigenvalue weighted by Gasteiger charge is -1.97. The molecule has 0 amide bonds. The third-order valence-electron chi connectivity index (χ3n) is 1.75. The number of hydrogen-bond acceptors (Lipinski definition) is 2. The van der Waals surface area contributed by atoms with Crippen LogP contribution in [0.4, 0.5) is 0 Å². The van der Waals surface area contributed by atoms with E-state index in [1.165, 1.54) is 3.57 Å². The minimum absolute atomic E-state index is 0.994. The van der Waals surface area contributed by atoms with Crippen molar-refractivity contribution in [1.29, 1.82) is 0 Å². The van der Waals surface area contributed by atoms with Gasteiger partial charge in [-0.1, -0.05) is 0 Å². The van der Waals surface area contributed by atoms with E-state index in [0.717, 1.165) is 11.4 Å². The molecule has 0 saturated heterocycles. The first-order chi connectivity index (χ1) is 6.27. The quantitative estimate of drug-likeness (QED) is 0.752. The van der Waals surface area contributed by atoms with Crippen LogP contribution in [-0.4, -0.2) is 14.8 Å². The molecule has 0 fully saturated rings. The van der Waals surface area contributed by atoms with E-state index in [1.54, 1.807) is 12.4 Å². The zero-order valence-corrected chi connectivity index (χ0v) is 9.26. The molecule has 0 radical (unpaired) electrons. The monoisotopic (exact) mass is 285 g/mol. The van der Waals surface area contributed by atoms with Crippen LogP contribution in [0.25, 0.3) is 5.69 Å². The Morgan fingerprint density at radius 1 is 1.46 bits per heavy atom. The van der Waals surface area contributed by atoms with Gasteiger partial charge in [-0.3, -0.25) is 4.98 Å². The van der Waals surface area contributed by atoms with E-state index in [-0.39, 0.29) is 0 Å². The molecule has 0 unspecified atom stereocenters. The summed E-state index contributed by atoms with van der Waals surface area (Å²) in [5.74, 6) is 0. The number of nitrogens with zero attached hydrogens (tertiary/aromatic N) is 3. The molecule has 2 aromatic rings. The number of hydrogen-bond donors (Lipinski definition) is 0. The van der Waals surface area contributed by atoms with Crippen LogP contribution >= 0.6 is 22.6 Å². The van der Waals surface area contributed by atoms with Crippen LogP contribution in [0, 0.1) is 10.5 Å². The minimum Gasteiger partial charge on any atom is -0.262 e. The molecule has 0 aromatic carbocycles. The zero-order chi connectivity index (χ0) is 9.26. The lowest BCUT2D eigenvalue weighted by Crippen LogP contribution is -1.94. The van der Waals surface area contributed by atoms with E-state index in [0.29, 0.717) is 0 Å². The molecule has 4 heteroatoms. The van der Waals surface area contributed by atoms with Crippen molar-refractivity contribution in [2.24, 2.45) is 0 Å².